The van der Waals surface area contributed by atoms with E-state index in [9.17, 15) is 9.59 Å². The van der Waals surface area contributed by atoms with Crippen molar-refractivity contribution in [3.8, 4) is 0 Å². The Morgan fingerprint density at radius 2 is 2.05 bits per heavy atom. The van der Waals surface area contributed by atoms with E-state index in [1.165, 1.54) is 0 Å². The number of hydrogen-bond acceptors (Lipinski definition) is 3. The van der Waals surface area contributed by atoms with E-state index < -0.39 is 0 Å². The van der Waals surface area contributed by atoms with Crippen LogP contribution in [0, 0.1) is 0 Å². The Bertz CT molecular complexity index is 536. The van der Waals surface area contributed by atoms with E-state index in [1.54, 1.807) is 36.2 Å². The summed E-state index contributed by atoms with van der Waals surface area (Å²) in [5, 5.41) is 3.27. The van der Waals surface area contributed by atoms with Crippen molar-refractivity contribution in [1.29, 1.82) is 0 Å². The standard InChI is InChI=1S/C16H23N3O2.ClH/c1-4-18(3)15(20)13-6-5-7-14(10-13)16(21)19-9-8-17-11-12(19)2;/h5-7,10,12,17H,4,8-9,11H2,1-3H3;1H/t12-;/m1./s1. The summed E-state index contributed by atoms with van der Waals surface area (Å²) in [6.45, 7) is 6.92. The molecule has 0 aliphatic carbocycles. The van der Waals surface area contributed by atoms with Gasteiger partial charge in [0.15, 0.2) is 0 Å². The topological polar surface area (TPSA) is 52.7 Å². The molecule has 1 aliphatic rings. The first-order chi connectivity index (χ1) is 10.0. The first-order valence-corrected chi connectivity index (χ1v) is 7.41. The van der Waals surface area contributed by atoms with Crippen molar-refractivity contribution in [2.75, 3.05) is 33.2 Å². The lowest BCUT2D eigenvalue weighted by atomic mass is 10.1. The predicted octanol–water partition coefficient (Wildman–Crippen LogP) is 1.63. The van der Waals surface area contributed by atoms with Crippen LogP contribution < -0.4 is 5.32 Å². The van der Waals surface area contributed by atoms with Gasteiger partial charge in [-0.05, 0) is 32.0 Å². The molecule has 0 radical (unpaired) electrons. The van der Waals surface area contributed by atoms with Crippen molar-refractivity contribution >= 4 is 24.2 Å². The highest BCUT2D eigenvalue weighted by atomic mass is 35.5. The summed E-state index contributed by atoms with van der Waals surface area (Å²) in [5.41, 5.74) is 1.15. The zero-order chi connectivity index (χ0) is 15.4. The van der Waals surface area contributed by atoms with Crippen LogP contribution in [0.1, 0.15) is 34.6 Å². The zero-order valence-corrected chi connectivity index (χ0v) is 14.2. The summed E-state index contributed by atoms with van der Waals surface area (Å²) in [7, 11) is 1.76. The first-order valence-electron chi connectivity index (χ1n) is 7.41. The smallest absolute Gasteiger partial charge is 0.254 e. The summed E-state index contributed by atoms with van der Waals surface area (Å²) in [6.07, 6.45) is 0. The number of hydrogen-bond donors (Lipinski definition) is 1. The fraction of sp³-hybridized carbons (Fsp3) is 0.500. The van der Waals surface area contributed by atoms with Gasteiger partial charge < -0.3 is 15.1 Å². The van der Waals surface area contributed by atoms with E-state index in [-0.39, 0.29) is 30.3 Å². The number of piperazine rings is 1. The molecule has 6 heteroatoms. The summed E-state index contributed by atoms with van der Waals surface area (Å²) >= 11 is 0. The molecule has 0 unspecified atom stereocenters. The van der Waals surface area contributed by atoms with E-state index in [4.69, 9.17) is 0 Å². The molecule has 122 valence electrons. The van der Waals surface area contributed by atoms with Gasteiger partial charge in [0.2, 0.25) is 0 Å². The second-order valence-electron chi connectivity index (χ2n) is 5.45. The number of nitrogens with zero attached hydrogens (tertiary/aromatic N) is 2. The summed E-state index contributed by atoms with van der Waals surface area (Å²) in [4.78, 5) is 28.3. The Kier molecular flexibility index (Phi) is 6.84. The second-order valence-corrected chi connectivity index (χ2v) is 5.45. The third kappa shape index (κ3) is 3.99. The molecular formula is C16H24ClN3O2. The van der Waals surface area contributed by atoms with Crippen LogP contribution in [-0.4, -0.2) is 60.9 Å². The Hall–Kier alpha value is -1.59. The highest BCUT2D eigenvalue weighted by Crippen LogP contribution is 2.13. The number of halogens is 1. The minimum Gasteiger partial charge on any atom is -0.342 e. The average Bonchev–Trinajstić information content (AvgIpc) is 2.53. The maximum absolute atomic E-state index is 12.6. The minimum absolute atomic E-state index is 0. The third-order valence-corrected chi connectivity index (χ3v) is 3.94. The van der Waals surface area contributed by atoms with E-state index in [2.05, 4.69) is 5.32 Å². The molecule has 5 nitrogen and oxygen atoms in total. The van der Waals surface area contributed by atoms with Crippen molar-refractivity contribution in [2.45, 2.75) is 19.9 Å². The molecular weight excluding hydrogens is 302 g/mol. The van der Waals surface area contributed by atoms with Crippen molar-refractivity contribution in [3.63, 3.8) is 0 Å². The number of carbonyl (C=O) groups excluding carboxylic acids is 2. The van der Waals surface area contributed by atoms with Gasteiger partial charge in [0.25, 0.3) is 11.8 Å². The van der Waals surface area contributed by atoms with E-state index in [0.29, 0.717) is 24.2 Å². The van der Waals surface area contributed by atoms with Gasteiger partial charge in [-0.1, -0.05) is 6.07 Å². The van der Waals surface area contributed by atoms with Crippen molar-refractivity contribution in [1.82, 2.24) is 15.1 Å². The molecule has 0 spiro atoms. The van der Waals surface area contributed by atoms with Crippen LogP contribution in [-0.2, 0) is 0 Å². The molecule has 1 aromatic carbocycles. The summed E-state index contributed by atoms with van der Waals surface area (Å²) < 4.78 is 0. The first kappa shape index (κ1) is 18.5. The van der Waals surface area contributed by atoms with Crippen LogP contribution in [0.25, 0.3) is 0 Å². The Morgan fingerprint density at radius 3 is 2.68 bits per heavy atom. The zero-order valence-electron chi connectivity index (χ0n) is 13.3. The van der Waals surface area contributed by atoms with Gasteiger partial charge in [0, 0.05) is 50.4 Å². The van der Waals surface area contributed by atoms with Gasteiger partial charge in [-0.25, -0.2) is 0 Å². The van der Waals surface area contributed by atoms with Crippen LogP contribution in [0.3, 0.4) is 0 Å². The normalized spacial score (nSPS) is 17.6. The average molecular weight is 326 g/mol. The largest absolute Gasteiger partial charge is 0.342 e. The Balaban J connectivity index is 0.00000242. The van der Waals surface area contributed by atoms with Gasteiger partial charge in [-0.3, -0.25) is 9.59 Å². The summed E-state index contributed by atoms with van der Waals surface area (Å²) in [6, 6.07) is 7.18. The predicted molar refractivity (Wildman–Crippen MR) is 89.7 cm³/mol. The number of rotatable bonds is 3. The van der Waals surface area contributed by atoms with Crippen LogP contribution in [0.15, 0.2) is 24.3 Å². The number of nitrogens with one attached hydrogen (secondary N) is 1. The van der Waals surface area contributed by atoms with Gasteiger partial charge in [0.05, 0.1) is 0 Å². The van der Waals surface area contributed by atoms with E-state index in [1.807, 2.05) is 18.7 Å². The van der Waals surface area contributed by atoms with E-state index in [0.717, 1.165) is 13.1 Å². The molecule has 0 saturated carbocycles. The Labute approximate surface area is 138 Å². The maximum Gasteiger partial charge on any atom is 0.254 e. The maximum atomic E-state index is 12.6. The Morgan fingerprint density at radius 1 is 1.36 bits per heavy atom. The second kappa shape index (κ2) is 8.15. The minimum atomic E-state index is -0.0551. The molecule has 0 bridgehead atoms. The van der Waals surface area contributed by atoms with Gasteiger partial charge in [0.1, 0.15) is 0 Å². The lowest BCUT2D eigenvalue weighted by Gasteiger charge is -2.34. The number of carbonyl (C=O) groups is 2. The lowest BCUT2D eigenvalue weighted by molar-refractivity contribution is 0.0655. The highest BCUT2D eigenvalue weighted by molar-refractivity contribution is 5.99. The van der Waals surface area contributed by atoms with Crippen molar-refractivity contribution in [2.24, 2.45) is 0 Å². The van der Waals surface area contributed by atoms with Crippen LogP contribution in [0.5, 0.6) is 0 Å². The third-order valence-electron chi connectivity index (χ3n) is 3.94. The van der Waals surface area contributed by atoms with Crippen LogP contribution in [0.4, 0.5) is 0 Å². The lowest BCUT2D eigenvalue weighted by Crippen LogP contribution is -2.52. The van der Waals surface area contributed by atoms with Gasteiger partial charge in [-0.2, -0.15) is 0 Å². The SMILES string of the molecule is CCN(C)C(=O)c1cccc(C(=O)N2CCNC[C@H]2C)c1.Cl. The quantitative estimate of drug-likeness (QED) is 0.919. The molecule has 1 heterocycles. The molecule has 1 aromatic rings. The monoisotopic (exact) mass is 325 g/mol. The van der Waals surface area contributed by atoms with Crippen LogP contribution in [0.2, 0.25) is 0 Å². The van der Waals surface area contributed by atoms with Gasteiger partial charge >= 0.3 is 0 Å². The summed E-state index contributed by atoms with van der Waals surface area (Å²) in [5.74, 6) is -0.0571. The van der Waals surface area contributed by atoms with E-state index >= 15 is 0 Å². The molecule has 1 aliphatic heterocycles. The van der Waals surface area contributed by atoms with Crippen LogP contribution >= 0.6 is 12.4 Å². The molecule has 2 amide bonds. The molecule has 2 rings (SSSR count). The molecule has 0 aromatic heterocycles. The molecule has 1 N–H and O–H groups in total. The fourth-order valence-electron chi connectivity index (χ4n) is 2.46. The number of benzene rings is 1. The molecule has 1 fully saturated rings. The molecule has 1 saturated heterocycles. The fourth-order valence-corrected chi connectivity index (χ4v) is 2.46. The van der Waals surface area contributed by atoms with Crippen molar-refractivity contribution in [3.05, 3.63) is 35.4 Å². The number of amides is 2. The molecule has 1 atom stereocenters. The molecule has 22 heavy (non-hydrogen) atoms. The van der Waals surface area contributed by atoms with Gasteiger partial charge in [-0.15, -0.1) is 12.4 Å². The van der Waals surface area contributed by atoms with Crippen molar-refractivity contribution < 1.29 is 9.59 Å². The highest BCUT2D eigenvalue weighted by Gasteiger charge is 2.24.